The quantitative estimate of drug-likeness (QED) is 0.505. The van der Waals surface area contributed by atoms with Gasteiger partial charge in [-0.2, -0.15) is 0 Å². The van der Waals surface area contributed by atoms with Gasteiger partial charge >= 0.3 is 0 Å². The van der Waals surface area contributed by atoms with Crippen LogP contribution in [0, 0.1) is 13.8 Å². The first kappa shape index (κ1) is 21.0. The summed E-state index contributed by atoms with van der Waals surface area (Å²) < 4.78 is 6.99. The molecule has 1 amide bonds. The summed E-state index contributed by atoms with van der Waals surface area (Å²) in [7, 11) is 0. The molecule has 30 heavy (non-hydrogen) atoms. The zero-order valence-electron chi connectivity index (χ0n) is 18.3. The second kappa shape index (κ2) is 8.86. The van der Waals surface area contributed by atoms with Crippen LogP contribution in [0.3, 0.4) is 0 Å². The predicted molar refractivity (Wildman–Crippen MR) is 125 cm³/mol. The molecule has 4 rings (SSSR count). The van der Waals surface area contributed by atoms with Gasteiger partial charge in [-0.05, 0) is 60.9 Å². The van der Waals surface area contributed by atoms with E-state index in [0.717, 1.165) is 40.4 Å². The van der Waals surface area contributed by atoms with Gasteiger partial charge in [0, 0.05) is 6.61 Å². The summed E-state index contributed by atoms with van der Waals surface area (Å²) >= 11 is 1.60. The summed E-state index contributed by atoms with van der Waals surface area (Å²) in [6.07, 6.45) is 2.52. The van der Waals surface area contributed by atoms with E-state index in [1.165, 1.54) is 16.7 Å². The maximum absolute atomic E-state index is 13.4. The maximum Gasteiger partial charge on any atom is 0.233 e. The number of thiazole rings is 1. The van der Waals surface area contributed by atoms with Crippen LogP contribution in [0.4, 0.5) is 5.13 Å². The average Bonchev–Trinajstić information content (AvgIpc) is 3.37. The van der Waals surface area contributed by atoms with Crippen molar-refractivity contribution in [1.82, 2.24) is 4.98 Å². The van der Waals surface area contributed by atoms with Crippen molar-refractivity contribution >= 4 is 32.6 Å². The van der Waals surface area contributed by atoms with Crippen LogP contribution in [0.15, 0.2) is 36.4 Å². The molecule has 2 aromatic carbocycles. The highest BCUT2D eigenvalue weighted by Crippen LogP contribution is 2.34. The Hall–Kier alpha value is -2.24. The highest BCUT2D eigenvalue weighted by molar-refractivity contribution is 7.22. The van der Waals surface area contributed by atoms with Crippen LogP contribution in [0.25, 0.3) is 10.2 Å². The molecule has 1 unspecified atom stereocenters. The van der Waals surface area contributed by atoms with Crippen molar-refractivity contribution in [2.24, 2.45) is 0 Å². The molecule has 3 aromatic rings. The van der Waals surface area contributed by atoms with E-state index in [1.54, 1.807) is 11.3 Å². The normalized spacial score (nSPS) is 16.5. The first-order valence-electron chi connectivity index (χ1n) is 10.8. The molecule has 4 nitrogen and oxygen atoms in total. The van der Waals surface area contributed by atoms with Gasteiger partial charge in [0.2, 0.25) is 5.91 Å². The van der Waals surface area contributed by atoms with E-state index in [2.05, 4.69) is 64.1 Å². The first-order chi connectivity index (χ1) is 14.4. The van der Waals surface area contributed by atoms with Gasteiger partial charge in [-0.25, -0.2) is 4.98 Å². The number of ether oxygens (including phenoxy) is 1. The van der Waals surface area contributed by atoms with Gasteiger partial charge in [-0.1, -0.05) is 55.5 Å². The van der Waals surface area contributed by atoms with Gasteiger partial charge in [0.15, 0.2) is 5.13 Å². The monoisotopic (exact) mass is 422 g/mol. The molecule has 1 saturated heterocycles. The van der Waals surface area contributed by atoms with Crippen molar-refractivity contribution in [2.75, 3.05) is 18.1 Å². The number of para-hydroxylation sites is 1. The maximum atomic E-state index is 13.4. The molecule has 1 aliphatic rings. The molecule has 1 fully saturated rings. The van der Waals surface area contributed by atoms with Gasteiger partial charge in [-0.3, -0.25) is 9.69 Å². The molecule has 2 heterocycles. The Bertz CT molecular complexity index is 1050. The molecule has 0 saturated carbocycles. The molecule has 1 atom stereocenters. The minimum atomic E-state index is 0.0823. The third-order valence-electron chi connectivity index (χ3n) is 5.93. The fourth-order valence-corrected chi connectivity index (χ4v) is 5.03. The summed E-state index contributed by atoms with van der Waals surface area (Å²) in [6, 6.07) is 12.6. The number of hydrogen-bond acceptors (Lipinski definition) is 4. The van der Waals surface area contributed by atoms with Crippen LogP contribution in [-0.2, 0) is 16.0 Å². The van der Waals surface area contributed by atoms with Crippen LogP contribution in [0.2, 0.25) is 0 Å². The Labute approximate surface area is 182 Å². The minimum absolute atomic E-state index is 0.0823. The molecular formula is C25H30N2O2S. The van der Waals surface area contributed by atoms with Gasteiger partial charge in [0.25, 0.3) is 0 Å². The third-order valence-corrected chi connectivity index (χ3v) is 6.97. The van der Waals surface area contributed by atoms with Crippen molar-refractivity contribution in [1.29, 1.82) is 0 Å². The number of hydrogen-bond donors (Lipinski definition) is 0. The lowest BCUT2D eigenvalue weighted by molar-refractivity contribution is -0.118. The van der Waals surface area contributed by atoms with Crippen molar-refractivity contribution in [2.45, 2.75) is 59.0 Å². The number of rotatable bonds is 6. The Morgan fingerprint density at radius 2 is 2.07 bits per heavy atom. The van der Waals surface area contributed by atoms with Crippen LogP contribution < -0.4 is 4.90 Å². The zero-order valence-corrected chi connectivity index (χ0v) is 19.1. The van der Waals surface area contributed by atoms with Crippen LogP contribution >= 0.6 is 11.3 Å². The van der Waals surface area contributed by atoms with Crippen LogP contribution in [0.5, 0.6) is 0 Å². The van der Waals surface area contributed by atoms with Gasteiger partial charge in [0.05, 0.1) is 29.3 Å². The summed E-state index contributed by atoms with van der Waals surface area (Å²) in [5.74, 6) is 0.473. The Morgan fingerprint density at radius 3 is 2.77 bits per heavy atom. The minimum Gasteiger partial charge on any atom is -0.376 e. The van der Waals surface area contributed by atoms with Crippen LogP contribution in [0.1, 0.15) is 54.9 Å². The number of aromatic nitrogens is 1. The highest BCUT2D eigenvalue weighted by atomic mass is 32.1. The predicted octanol–water partition coefficient (Wildman–Crippen LogP) is 5.79. The van der Waals surface area contributed by atoms with E-state index in [4.69, 9.17) is 9.72 Å². The molecule has 0 spiro atoms. The van der Waals surface area contributed by atoms with E-state index in [9.17, 15) is 4.79 Å². The van der Waals surface area contributed by atoms with Gasteiger partial charge < -0.3 is 4.74 Å². The zero-order chi connectivity index (χ0) is 21.3. The number of carbonyl (C=O) groups excluding carboxylic acids is 1. The molecule has 0 aliphatic carbocycles. The van der Waals surface area contributed by atoms with Gasteiger partial charge in [0.1, 0.15) is 0 Å². The average molecular weight is 423 g/mol. The van der Waals surface area contributed by atoms with Crippen molar-refractivity contribution in [3.05, 3.63) is 58.7 Å². The fourth-order valence-electron chi connectivity index (χ4n) is 4.00. The lowest BCUT2D eigenvalue weighted by atomic mass is 10.0. The molecule has 0 radical (unpaired) electrons. The number of nitrogens with zero attached hydrogens (tertiary/aromatic N) is 2. The van der Waals surface area contributed by atoms with E-state index in [0.29, 0.717) is 18.9 Å². The molecule has 0 N–H and O–H groups in total. The summed E-state index contributed by atoms with van der Waals surface area (Å²) in [5, 5.41) is 0.780. The van der Waals surface area contributed by atoms with E-state index in [-0.39, 0.29) is 12.0 Å². The lowest BCUT2D eigenvalue weighted by Crippen LogP contribution is -2.38. The standard InChI is InChI=1S/C25H30N2O2S/c1-16(2)21-8-5-9-22-24(21)26-25(30-22)27(15-20-7-6-12-29-20)23(28)14-19-11-10-17(3)18(4)13-19/h5,8-11,13,16,20H,6-7,12,14-15H2,1-4H3. The van der Waals surface area contributed by atoms with Crippen molar-refractivity contribution in [3.8, 4) is 0 Å². The molecule has 1 aromatic heterocycles. The van der Waals surface area contributed by atoms with E-state index >= 15 is 0 Å². The fraction of sp³-hybridized carbons (Fsp3) is 0.440. The van der Waals surface area contributed by atoms with Crippen molar-refractivity contribution < 1.29 is 9.53 Å². The Balaban J connectivity index is 1.67. The number of benzene rings is 2. The summed E-state index contributed by atoms with van der Waals surface area (Å²) in [5.41, 5.74) is 5.75. The SMILES string of the molecule is Cc1ccc(CC(=O)N(CC2CCCO2)c2nc3c(C(C)C)cccc3s2)cc1C. The largest absolute Gasteiger partial charge is 0.376 e. The second-order valence-corrected chi connectivity index (χ2v) is 9.59. The van der Waals surface area contributed by atoms with Crippen LogP contribution in [-0.4, -0.2) is 30.1 Å². The van der Waals surface area contributed by atoms with Crippen molar-refractivity contribution in [3.63, 3.8) is 0 Å². The number of anilines is 1. The van der Waals surface area contributed by atoms with Gasteiger partial charge in [-0.15, -0.1) is 0 Å². The first-order valence-corrected chi connectivity index (χ1v) is 11.6. The number of carbonyl (C=O) groups is 1. The smallest absolute Gasteiger partial charge is 0.233 e. The number of fused-ring (bicyclic) bond motifs is 1. The number of amides is 1. The molecular weight excluding hydrogens is 392 g/mol. The topological polar surface area (TPSA) is 42.4 Å². The Kier molecular flexibility index (Phi) is 6.21. The molecule has 1 aliphatic heterocycles. The molecule has 158 valence electrons. The van der Waals surface area contributed by atoms with E-state index < -0.39 is 0 Å². The summed E-state index contributed by atoms with van der Waals surface area (Å²) in [4.78, 5) is 20.2. The lowest BCUT2D eigenvalue weighted by Gasteiger charge is -2.23. The highest BCUT2D eigenvalue weighted by Gasteiger charge is 2.26. The summed E-state index contributed by atoms with van der Waals surface area (Å²) in [6.45, 7) is 9.90. The number of aryl methyl sites for hydroxylation is 2. The second-order valence-electron chi connectivity index (χ2n) is 8.58. The molecule has 5 heteroatoms. The Morgan fingerprint density at radius 1 is 1.23 bits per heavy atom. The third kappa shape index (κ3) is 4.42. The van der Waals surface area contributed by atoms with E-state index in [1.807, 2.05) is 4.90 Å². The molecule has 0 bridgehead atoms.